The molecule has 0 saturated carbocycles. The molecule has 1 aliphatic rings. The Morgan fingerprint density at radius 1 is 1.18 bits per heavy atom. The van der Waals surface area contributed by atoms with Crippen LogP contribution in [0.4, 0.5) is 0 Å². The third kappa shape index (κ3) is 4.76. The maximum absolute atomic E-state index is 4.21. The fraction of sp³-hybridized carbons (Fsp3) is 0.500. The Morgan fingerprint density at radius 2 is 1.95 bits per heavy atom. The van der Waals surface area contributed by atoms with E-state index in [1.807, 2.05) is 4.68 Å². The lowest BCUT2D eigenvalue weighted by atomic mass is 10.0. The standard InChI is InChI=1S/C16H22N4S2/c1-2-4-14(5-3-1)16(6-7-20-13-17-12-18-20)19-15-10-21-8-9-22-11-15/h1-5,12-13,15-16,19H,6-11H2. The first-order chi connectivity index (χ1) is 10.9. The van der Waals surface area contributed by atoms with E-state index in [1.165, 1.54) is 28.6 Å². The second-order valence-corrected chi connectivity index (χ2v) is 7.72. The van der Waals surface area contributed by atoms with Crippen LogP contribution >= 0.6 is 23.5 Å². The average molecular weight is 335 g/mol. The molecule has 1 fully saturated rings. The van der Waals surface area contributed by atoms with Gasteiger partial charge in [0.1, 0.15) is 12.7 Å². The molecule has 1 aromatic carbocycles. The summed E-state index contributed by atoms with van der Waals surface area (Å²) in [6.45, 7) is 0.888. The first-order valence-corrected chi connectivity index (χ1v) is 10.0. The molecule has 1 N–H and O–H groups in total. The van der Waals surface area contributed by atoms with Gasteiger partial charge in [-0.3, -0.25) is 4.68 Å². The first-order valence-electron chi connectivity index (χ1n) is 7.71. The maximum atomic E-state index is 4.21. The third-order valence-electron chi connectivity index (χ3n) is 3.76. The zero-order valence-corrected chi connectivity index (χ0v) is 14.2. The molecule has 0 amide bonds. The minimum absolute atomic E-state index is 0.370. The van der Waals surface area contributed by atoms with Gasteiger partial charge in [-0.15, -0.1) is 0 Å². The highest BCUT2D eigenvalue weighted by Crippen LogP contribution is 2.22. The number of benzene rings is 1. The van der Waals surface area contributed by atoms with Gasteiger partial charge in [0, 0.05) is 41.6 Å². The fourth-order valence-corrected chi connectivity index (χ4v) is 5.06. The van der Waals surface area contributed by atoms with E-state index in [2.05, 4.69) is 69.3 Å². The van der Waals surface area contributed by atoms with Gasteiger partial charge in [-0.25, -0.2) is 4.98 Å². The van der Waals surface area contributed by atoms with Crippen LogP contribution in [-0.4, -0.2) is 43.8 Å². The van der Waals surface area contributed by atoms with Crippen LogP contribution < -0.4 is 5.32 Å². The zero-order valence-electron chi connectivity index (χ0n) is 12.6. The van der Waals surface area contributed by atoms with E-state index in [1.54, 1.807) is 12.7 Å². The molecule has 1 aromatic heterocycles. The number of hydrogen-bond acceptors (Lipinski definition) is 5. The van der Waals surface area contributed by atoms with Gasteiger partial charge in [-0.2, -0.15) is 28.6 Å². The van der Waals surface area contributed by atoms with E-state index in [9.17, 15) is 0 Å². The van der Waals surface area contributed by atoms with Crippen LogP contribution in [0.3, 0.4) is 0 Å². The molecule has 2 heterocycles. The summed E-state index contributed by atoms with van der Waals surface area (Å²) in [4.78, 5) is 4.03. The smallest absolute Gasteiger partial charge is 0.137 e. The van der Waals surface area contributed by atoms with Crippen molar-refractivity contribution in [3.63, 3.8) is 0 Å². The van der Waals surface area contributed by atoms with Crippen molar-refractivity contribution in [2.24, 2.45) is 0 Å². The summed E-state index contributed by atoms with van der Waals surface area (Å²) in [5, 5.41) is 8.08. The number of thioether (sulfide) groups is 2. The summed E-state index contributed by atoms with van der Waals surface area (Å²) in [7, 11) is 0. The second kappa shape index (κ2) is 8.60. The molecule has 22 heavy (non-hydrogen) atoms. The van der Waals surface area contributed by atoms with Gasteiger partial charge in [-0.1, -0.05) is 30.3 Å². The lowest BCUT2D eigenvalue weighted by Crippen LogP contribution is -2.37. The molecule has 0 bridgehead atoms. The predicted molar refractivity (Wildman–Crippen MR) is 95.4 cm³/mol. The monoisotopic (exact) mass is 334 g/mol. The Bertz CT molecular complexity index is 524. The number of aromatic nitrogens is 3. The summed E-state index contributed by atoms with van der Waals surface area (Å²) in [6, 6.07) is 11.7. The van der Waals surface area contributed by atoms with Crippen molar-refractivity contribution in [1.29, 1.82) is 0 Å². The van der Waals surface area contributed by atoms with Crippen LogP contribution in [0.1, 0.15) is 18.0 Å². The Labute approximate surface area is 140 Å². The molecule has 1 aliphatic heterocycles. The quantitative estimate of drug-likeness (QED) is 0.880. The largest absolute Gasteiger partial charge is 0.305 e. The maximum Gasteiger partial charge on any atom is 0.137 e. The van der Waals surface area contributed by atoms with Gasteiger partial charge in [0.05, 0.1) is 0 Å². The number of nitrogens with one attached hydrogen (secondary N) is 1. The van der Waals surface area contributed by atoms with Crippen LogP contribution in [0.25, 0.3) is 0 Å². The molecule has 2 aromatic rings. The lowest BCUT2D eigenvalue weighted by Gasteiger charge is -2.25. The van der Waals surface area contributed by atoms with Crippen molar-refractivity contribution in [2.75, 3.05) is 23.0 Å². The minimum Gasteiger partial charge on any atom is -0.305 e. The summed E-state index contributed by atoms with van der Waals surface area (Å²) in [6.07, 6.45) is 4.42. The molecule has 118 valence electrons. The second-order valence-electron chi connectivity index (χ2n) is 5.42. The molecule has 4 nitrogen and oxygen atoms in total. The molecule has 0 radical (unpaired) electrons. The molecule has 3 rings (SSSR count). The SMILES string of the molecule is c1ccc(C(CCn2cncn2)NC2CSCCSC2)cc1. The van der Waals surface area contributed by atoms with Gasteiger partial charge >= 0.3 is 0 Å². The minimum atomic E-state index is 0.370. The number of aryl methyl sites for hydroxylation is 1. The first kappa shape index (κ1) is 15.9. The summed E-state index contributed by atoms with van der Waals surface area (Å²) in [5.41, 5.74) is 1.36. The predicted octanol–water partition coefficient (Wildman–Crippen LogP) is 2.85. The summed E-state index contributed by atoms with van der Waals surface area (Å²) in [5.74, 6) is 4.97. The molecule has 1 saturated heterocycles. The van der Waals surface area contributed by atoms with Crippen LogP contribution in [0.5, 0.6) is 0 Å². The molecule has 0 aliphatic carbocycles. The van der Waals surface area contributed by atoms with E-state index in [0.29, 0.717) is 12.1 Å². The van der Waals surface area contributed by atoms with Crippen LogP contribution in [0.15, 0.2) is 43.0 Å². The lowest BCUT2D eigenvalue weighted by molar-refractivity contribution is 0.421. The Kier molecular flexibility index (Phi) is 6.21. The van der Waals surface area contributed by atoms with E-state index in [0.717, 1.165) is 13.0 Å². The van der Waals surface area contributed by atoms with E-state index in [-0.39, 0.29) is 0 Å². The van der Waals surface area contributed by atoms with Gasteiger partial charge in [0.25, 0.3) is 0 Å². The van der Waals surface area contributed by atoms with Crippen molar-refractivity contribution >= 4 is 23.5 Å². The highest BCUT2D eigenvalue weighted by atomic mass is 32.2. The van der Waals surface area contributed by atoms with Crippen molar-refractivity contribution in [3.8, 4) is 0 Å². The van der Waals surface area contributed by atoms with E-state index in [4.69, 9.17) is 0 Å². The summed E-state index contributed by atoms with van der Waals surface area (Å²) >= 11 is 4.13. The van der Waals surface area contributed by atoms with Crippen molar-refractivity contribution in [1.82, 2.24) is 20.1 Å². The van der Waals surface area contributed by atoms with E-state index >= 15 is 0 Å². The zero-order chi connectivity index (χ0) is 15.0. The molecule has 6 heteroatoms. The van der Waals surface area contributed by atoms with Gasteiger partial charge in [0.2, 0.25) is 0 Å². The van der Waals surface area contributed by atoms with Gasteiger partial charge in [-0.05, 0) is 12.0 Å². The molecule has 1 atom stereocenters. The van der Waals surface area contributed by atoms with Gasteiger partial charge < -0.3 is 5.32 Å². The van der Waals surface area contributed by atoms with Gasteiger partial charge in [0.15, 0.2) is 0 Å². The molecule has 1 unspecified atom stereocenters. The van der Waals surface area contributed by atoms with Crippen LogP contribution in [0.2, 0.25) is 0 Å². The number of rotatable bonds is 6. The van der Waals surface area contributed by atoms with Crippen molar-refractivity contribution < 1.29 is 0 Å². The van der Waals surface area contributed by atoms with Crippen molar-refractivity contribution in [3.05, 3.63) is 48.5 Å². The fourth-order valence-electron chi connectivity index (χ4n) is 2.64. The van der Waals surface area contributed by atoms with Crippen LogP contribution in [-0.2, 0) is 6.54 Å². The Hall–Kier alpha value is -0.980. The topological polar surface area (TPSA) is 42.7 Å². The Morgan fingerprint density at radius 3 is 2.64 bits per heavy atom. The normalized spacial score (nSPS) is 18.0. The third-order valence-corrected chi connectivity index (χ3v) is 6.28. The Balaban J connectivity index is 1.65. The van der Waals surface area contributed by atoms with Crippen molar-refractivity contribution in [2.45, 2.75) is 25.0 Å². The highest BCUT2D eigenvalue weighted by molar-refractivity contribution is 8.03. The number of hydrogen-bond donors (Lipinski definition) is 1. The average Bonchev–Trinajstić information content (AvgIpc) is 2.95. The summed E-state index contributed by atoms with van der Waals surface area (Å²) < 4.78 is 1.91. The van der Waals surface area contributed by atoms with E-state index < -0.39 is 0 Å². The molecular weight excluding hydrogens is 312 g/mol. The molecule has 0 spiro atoms. The highest BCUT2D eigenvalue weighted by Gasteiger charge is 2.19. The van der Waals surface area contributed by atoms with Crippen LogP contribution in [0, 0.1) is 0 Å². The number of nitrogens with zero attached hydrogens (tertiary/aromatic N) is 3. The molecular formula is C16H22N4S2.